The molecule has 6 nitrogen and oxygen atoms in total. The van der Waals surface area contributed by atoms with E-state index in [4.69, 9.17) is 9.72 Å². The summed E-state index contributed by atoms with van der Waals surface area (Å²) in [6, 6.07) is 25.4. The first-order chi connectivity index (χ1) is 17.1. The standard InChI is InChI=1S/C28H24IN3O3/c29-20-9-6-10-21(15-20)30-26(33)18-35-28(34)27-22-11-4-5-12-24(22)31-25-13-14-32(17-23(25)27)16-19-7-2-1-3-8-19/h1-12,15H,13-14,16-18H2,(H,30,33). The number of nitrogens with zero attached hydrogens (tertiary/aromatic N) is 2. The third-order valence-electron chi connectivity index (χ3n) is 6.02. The maximum atomic E-state index is 13.4. The van der Waals surface area contributed by atoms with E-state index in [0.717, 1.165) is 45.2 Å². The van der Waals surface area contributed by atoms with Crippen LogP contribution in [-0.2, 0) is 29.0 Å². The number of halogens is 1. The number of benzene rings is 3. The highest BCUT2D eigenvalue weighted by molar-refractivity contribution is 14.1. The number of nitrogens with one attached hydrogen (secondary N) is 1. The van der Waals surface area contributed by atoms with E-state index in [1.54, 1.807) is 6.07 Å². The first-order valence-corrected chi connectivity index (χ1v) is 12.5. The number of aromatic nitrogens is 1. The Kier molecular flexibility index (Phi) is 7.06. The molecule has 0 radical (unpaired) electrons. The van der Waals surface area contributed by atoms with Gasteiger partial charge in [-0.1, -0.05) is 54.6 Å². The lowest BCUT2D eigenvalue weighted by Crippen LogP contribution is -2.32. The van der Waals surface area contributed by atoms with Crippen LogP contribution in [-0.4, -0.2) is 34.9 Å². The molecule has 5 rings (SSSR count). The van der Waals surface area contributed by atoms with Crippen LogP contribution >= 0.6 is 22.6 Å². The van der Waals surface area contributed by atoms with Gasteiger partial charge in [-0.15, -0.1) is 0 Å². The number of ether oxygens (including phenoxy) is 1. The number of anilines is 1. The summed E-state index contributed by atoms with van der Waals surface area (Å²) >= 11 is 2.18. The van der Waals surface area contributed by atoms with Crippen LogP contribution in [0.2, 0.25) is 0 Å². The molecule has 1 aliphatic rings. The summed E-state index contributed by atoms with van der Waals surface area (Å²) in [6.07, 6.45) is 0.750. The van der Waals surface area contributed by atoms with Crippen molar-refractivity contribution in [2.45, 2.75) is 19.5 Å². The lowest BCUT2D eigenvalue weighted by atomic mass is 9.95. The maximum Gasteiger partial charge on any atom is 0.339 e. The molecule has 0 fully saturated rings. The van der Waals surface area contributed by atoms with Crippen LogP contribution in [0.4, 0.5) is 5.69 Å². The van der Waals surface area contributed by atoms with Crippen molar-refractivity contribution in [1.29, 1.82) is 0 Å². The van der Waals surface area contributed by atoms with Crippen LogP contribution in [0.25, 0.3) is 10.9 Å². The summed E-state index contributed by atoms with van der Waals surface area (Å²) in [4.78, 5) is 33.0. The van der Waals surface area contributed by atoms with Crippen LogP contribution < -0.4 is 5.32 Å². The van der Waals surface area contributed by atoms with E-state index in [2.05, 4.69) is 44.9 Å². The molecular formula is C28H24IN3O3. The van der Waals surface area contributed by atoms with Gasteiger partial charge in [0.15, 0.2) is 6.61 Å². The Morgan fingerprint density at radius 1 is 1.00 bits per heavy atom. The fraction of sp³-hybridized carbons (Fsp3) is 0.179. The molecular weight excluding hydrogens is 553 g/mol. The van der Waals surface area contributed by atoms with Crippen molar-refractivity contribution in [2.75, 3.05) is 18.5 Å². The summed E-state index contributed by atoms with van der Waals surface area (Å²) in [5.41, 5.74) is 4.96. The van der Waals surface area contributed by atoms with Crippen molar-refractivity contribution in [3.63, 3.8) is 0 Å². The quantitative estimate of drug-likeness (QED) is 0.252. The fourth-order valence-electron chi connectivity index (χ4n) is 4.42. The van der Waals surface area contributed by atoms with Gasteiger partial charge in [0, 0.05) is 52.0 Å². The van der Waals surface area contributed by atoms with Crippen LogP contribution in [0.1, 0.15) is 27.2 Å². The smallest absolute Gasteiger partial charge is 0.339 e. The number of pyridine rings is 1. The van der Waals surface area contributed by atoms with Gasteiger partial charge in [-0.25, -0.2) is 4.79 Å². The molecule has 3 aromatic carbocycles. The zero-order valence-electron chi connectivity index (χ0n) is 19.0. The molecule has 0 bridgehead atoms. The topological polar surface area (TPSA) is 71.5 Å². The number of carbonyl (C=O) groups is 2. The van der Waals surface area contributed by atoms with E-state index in [1.807, 2.05) is 60.7 Å². The predicted octanol–water partition coefficient (Wildman–Crippen LogP) is 5.19. The monoisotopic (exact) mass is 577 g/mol. The first-order valence-electron chi connectivity index (χ1n) is 11.5. The van der Waals surface area contributed by atoms with Crippen LogP contribution in [0.3, 0.4) is 0 Å². The van der Waals surface area contributed by atoms with Gasteiger partial charge in [-0.05, 0) is 52.4 Å². The van der Waals surface area contributed by atoms with Gasteiger partial charge in [0.05, 0.1) is 11.1 Å². The number of hydrogen-bond acceptors (Lipinski definition) is 5. The Balaban J connectivity index is 1.38. The largest absolute Gasteiger partial charge is 0.452 e. The normalized spacial score (nSPS) is 13.3. The summed E-state index contributed by atoms with van der Waals surface area (Å²) in [6.45, 7) is 1.89. The maximum absolute atomic E-state index is 13.4. The van der Waals surface area contributed by atoms with Crippen molar-refractivity contribution in [3.05, 3.63) is 105 Å². The number of hydrogen-bond donors (Lipinski definition) is 1. The van der Waals surface area contributed by atoms with Gasteiger partial charge in [-0.3, -0.25) is 14.7 Å². The molecule has 1 aromatic heterocycles. The highest BCUT2D eigenvalue weighted by atomic mass is 127. The second-order valence-electron chi connectivity index (χ2n) is 8.51. The number of carbonyl (C=O) groups excluding carboxylic acids is 2. The fourth-order valence-corrected chi connectivity index (χ4v) is 4.97. The Labute approximate surface area is 217 Å². The second-order valence-corrected chi connectivity index (χ2v) is 9.76. The Hall–Kier alpha value is -3.30. The van der Waals surface area contributed by atoms with Crippen molar-refractivity contribution >= 4 is 51.1 Å². The zero-order valence-corrected chi connectivity index (χ0v) is 21.2. The molecule has 1 amide bonds. The average Bonchev–Trinajstić information content (AvgIpc) is 2.86. The minimum absolute atomic E-state index is 0.358. The summed E-state index contributed by atoms with van der Waals surface area (Å²) in [5, 5.41) is 3.53. The number of amides is 1. The number of para-hydroxylation sites is 1. The summed E-state index contributed by atoms with van der Waals surface area (Å²) in [5.74, 6) is -0.877. The third-order valence-corrected chi connectivity index (χ3v) is 6.69. The highest BCUT2D eigenvalue weighted by Gasteiger charge is 2.27. The van der Waals surface area contributed by atoms with E-state index in [9.17, 15) is 9.59 Å². The number of esters is 1. The Bertz CT molecular complexity index is 1390. The molecule has 0 saturated carbocycles. The average molecular weight is 577 g/mol. The number of rotatable bonds is 6. The van der Waals surface area contributed by atoms with E-state index in [1.165, 1.54) is 5.56 Å². The Morgan fingerprint density at radius 2 is 1.80 bits per heavy atom. The van der Waals surface area contributed by atoms with Crippen molar-refractivity contribution in [2.24, 2.45) is 0 Å². The number of fused-ring (bicyclic) bond motifs is 2. The molecule has 35 heavy (non-hydrogen) atoms. The van der Waals surface area contributed by atoms with Crippen molar-refractivity contribution < 1.29 is 14.3 Å². The molecule has 2 heterocycles. The summed E-state index contributed by atoms with van der Waals surface area (Å²) < 4.78 is 6.53. The second kappa shape index (κ2) is 10.5. The van der Waals surface area contributed by atoms with E-state index in [0.29, 0.717) is 17.8 Å². The van der Waals surface area contributed by atoms with E-state index >= 15 is 0 Å². The van der Waals surface area contributed by atoms with Gasteiger partial charge in [0.2, 0.25) is 0 Å². The SMILES string of the molecule is O=C(COC(=O)c1c2c(nc3ccccc13)CCN(Cc1ccccc1)C2)Nc1cccc(I)c1. The lowest BCUT2D eigenvalue weighted by Gasteiger charge is -2.30. The molecule has 0 unspecified atom stereocenters. The first kappa shape index (κ1) is 23.4. The highest BCUT2D eigenvalue weighted by Crippen LogP contribution is 2.29. The van der Waals surface area contributed by atoms with Crippen LogP contribution in [0.15, 0.2) is 78.9 Å². The van der Waals surface area contributed by atoms with Crippen LogP contribution in [0.5, 0.6) is 0 Å². The van der Waals surface area contributed by atoms with Crippen LogP contribution in [0, 0.1) is 3.57 Å². The lowest BCUT2D eigenvalue weighted by molar-refractivity contribution is -0.119. The molecule has 0 spiro atoms. The summed E-state index contributed by atoms with van der Waals surface area (Å²) in [7, 11) is 0. The van der Waals surface area contributed by atoms with Gasteiger partial charge in [0.25, 0.3) is 5.91 Å². The van der Waals surface area contributed by atoms with E-state index in [-0.39, 0.29) is 12.5 Å². The molecule has 0 atom stereocenters. The molecule has 0 aliphatic carbocycles. The minimum Gasteiger partial charge on any atom is -0.452 e. The Morgan fingerprint density at radius 3 is 2.63 bits per heavy atom. The molecule has 1 N–H and O–H groups in total. The van der Waals surface area contributed by atoms with Crippen molar-refractivity contribution in [3.8, 4) is 0 Å². The van der Waals surface area contributed by atoms with Gasteiger partial charge in [-0.2, -0.15) is 0 Å². The minimum atomic E-state index is -0.501. The molecule has 4 aromatic rings. The van der Waals surface area contributed by atoms with Crippen molar-refractivity contribution in [1.82, 2.24) is 9.88 Å². The predicted molar refractivity (Wildman–Crippen MR) is 144 cm³/mol. The van der Waals surface area contributed by atoms with Gasteiger partial charge >= 0.3 is 5.97 Å². The van der Waals surface area contributed by atoms with E-state index < -0.39 is 5.97 Å². The molecule has 0 saturated heterocycles. The third kappa shape index (κ3) is 5.52. The molecule has 7 heteroatoms. The molecule has 176 valence electrons. The zero-order chi connectivity index (χ0) is 24.2. The van der Waals surface area contributed by atoms with Gasteiger partial charge in [0.1, 0.15) is 0 Å². The molecule has 1 aliphatic heterocycles. The van der Waals surface area contributed by atoms with Gasteiger partial charge < -0.3 is 10.1 Å².